The maximum atomic E-state index is 4.78. The molecule has 3 nitrogen and oxygen atoms in total. The summed E-state index contributed by atoms with van der Waals surface area (Å²) < 4.78 is 3.81. The van der Waals surface area contributed by atoms with E-state index in [1.54, 1.807) is 17.5 Å². The molecule has 0 N–H and O–H groups in total. The molecular formula is C52H53GeIrN3S-2. The number of hydrogen-bond donors (Lipinski definition) is 0. The van der Waals surface area contributed by atoms with E-state index in [0.717, 1.165) is 32.7 Å². The van der Waals surface area contributed by atoms with Gasteiger partial charge in [-0.05, 0) is 72.9 Å². The second-order valence-electron chi connectivity index (χ2n) is 18.1. The minimum atomic E-state index is -1.72. The summed E-state index contributed by atoms with van der Waals surface area (Å²) in [6.07, 6.45) is 5.76. The molecule has 1 unspecified atom stereocenters. The number of nitrogens with zero attached hydrogens (tertiary/aromatic N) is 3. The van der Waals surface area contributed by atoms with Gasteiger partial charge >= 0.3 is 99.8 Å². The maximum absolute atomic E-state index is 4.78. The third-order valence-corrected chi connectivity index (χ3v) is 16.2. The van der Waals surface area contributed by atoms with E-state index in [4.69, 9.17) is 9.97 Å². The predicted octanol–water partition coefficient (Wildman–Crippen LogP) is 13.8. The minimum Gasteiger partial charge on any atom is 0 e. The Bertz CT molecular complexity index is 2600. The second kappa shape index (κ2) is 17.5. The Labute approximate surface area is 366 Å². The van der Waals surface area contributed by atoms with Crippen LogP contribution in [0.3, 0.4) is 0 Å². The van der Waals surface area contributed by atoms with E-state index in [-0.39, 0.29) is 36.9 Å². The number of fused-ring (bicyclic) bond motifs is 3. The normalized spacial score (nSPS) is 12.4. The molecule has 4 heterocycles. The molecular weight excluding hydrogens is 963 g/mol. The van der Waals surface area contributed by atoms with Gasteiger partial charge in [0.2, 0.25) is 0 Å². The monoisotopic (exact) mass is 1020 g/mol. The van der Waals surface area contributed by atoms with Gasteiger partial charge in [0.05, 0.1) is 0 Å². The van der Waals surface area contributed by atoms with Gasteiger partial charge in [0.1, 0.15) is 0 Å². The van der Waals surface area contributed by atoms with Crippen molar-refractivity contribution in [3.63, 3.8) is 0 Å². The van der Waals surface area contributed by atoms with Crippen molar-refractivity contribution in [3.05, 3.63) is 168 Å². The Kier molecular flexibility index (Phi) is 13.1. The fourth-order valence-electron chi connectivity index (χ4n) is 6.97. The molecule has 0 aliphatic heterocycles. The fourth-order valence-corrected chi connectivity index (χ4v) is 10.4. The Morgan fingerprint density at radius 3 is 1.97 bits per heavy atom. The van der Waals surface area contributed by atoms with Gasteiger partial charge in [-0.2, -0.15) is 6.07 Å². The van der Waals surface area contributed by atoms with Crippen LogP contribution in [0.4, 0.5) is 0 Å². The quantitative estimate of drug-likeness (QED) is 0.123. The van der Waals surface area contributed by atoms with Crippen molar-refractivity contribution in [2.45, 2.75) is 82.5 Å². The summed E-state index contributed by atoms with van der Waals surface area (Å²) in [6.45, 7) is 16.0. The first kappa shape index (κ1) is 43.3. The molecule has 8 rings (SSSR count). The van der Waals surface area contributed by atoms with E-state index in [9.17, 15) is 0 Å². The van der Waals surface area contributed by atoms with Gasteiger partial charge < -0.3 is 4.98 Å². The van der Waals surface area contributed by atoms with Gasteiger partial charge in [0, 0.05) is 47.8 Å². The first-order chi connectivity index (χ1) is 27.1. The van der Waals surface area contributed by atoms with Gasteiger partial charge in [-0.25, -0.2) is 11.3 Å². The SMILES string of the molecule is CC(c1ccccc1)c1ccnc(-c2[c-]cnc3c2sc2cc(-c4cc(C(C)(C)C)cc(C(C)(C)C)c4)ccc23)c1.[CH3][Ge]([CH3])([CH3])[c]1ccc(-c2[c-]cccc2)nc1.[Ir]. The summed E-state index contributed by atoms with van der Waals surface area (Å²) in [5.74, 6) is 7.42. The van der Waals surface area contributed by atoms with Crippen LogP contribution < -0.4 is 4.40 Å². The molecule has 0 saturated carbocycles. The summed E-state index contributed by atoms with van der Waals surface area (Å²) in [5.41, 5.74) is 13.0. The predicted molar refractivity (Wildman–Crippen MR) is 247 cm³/mol. The summed E-state index contributed by atoms with van der Waals surface area (Å²) in [4.78, 5) is 14.1. The van der Waals surface area contributed by atoms with Crippen molar-refractivity contribution >= 4 is 49.3 Å². The van der Waals surface area contributed by atoms with E-state index in [1.807, 2.05) is 36.7 Å². The molecule has 1 radical (unpaired) electrons. The van der Waals surface area contributed by atoms with E-state index < -0.39 is 13.3 Å². The van der Waals surface area contributed by atoms with Crippen LogP contribution in [0.2, 0.25) is 17.3 Å². The number of hydrogen-bond acceptors (Lipinski definition) is 4. The zero-order valence-corrected chi connectivity index (χ0v) is 40.7. The summed E-state index contributed by atoms with van der Waals surface area (Å²) >= 11 is 0.0724. The molecule has 0 spiro atoms. The van der Waals surface area contributed by atoms with Gasteiger partial charge in [-0.1, -0.05) is 115 Å². The molecule has 4 aromatic heterocycles. The molecule has 0 aliphatic rings. The van der Waals surface area contributed by atoms with Gasteiger partial charge in [-0.3, -0.25) is 4.98 Å². The van der Waals surface area contributed by atoms with Crippen LogP contribution in [0.15, 0.2) is 134 Å². The molecule has 0 aliphatic carbocycles. The number of benzene rings is 4. The Hall–Kier alpha value is -4.26. The van der Waals surface area contributed by atoms with Crippen molar-refractivity contribution in [3.8, 4) is 33.6 Å². The van der Waals surface area contributed by atoms with Crippen molar-refractivity contribution in [2.24, 2.45) is 0 Å². The molecule has 0 saturated heterocycles. The molecule has 0 fully saturated rings. The van der Waals surface area contributed by atoms with E-state index in [1.165, 1.54) is 47.9 Å². The fraction of sp³-hybridized carbons (Fsp3) is 0.250. The van der Waals surface area contributed by atoms with Crippen molar-refractivity contribution in [1.29, 1.82) is 0 Å². The van der Waals surface area contributed by atoms with Gasteiger partial charge in [-0.15, -0.1) is 5.56 Å². The standard InChI is InChI=1S/C38H37N2S.C14H16GeN.Ir/c1-24(25-11-9-8-10-12-25)26-15-17-39-33(21-26)31-16-18-40-35-32-14-13-27(22-34(32)41-36(31)35)28-19-29(37(2,3)4)23-30(20-28)38(5,6)7;1-15(2,3)13-9-10-14(16-11-13)12-7-5-4-6-8-12;/h8-15,17-24H,1-7H3;4-7,9-11H,1-3H3;/q2*-1;. The minimum absolute atomic E-state index is 0. The Morgan fingerprint density at radius 1 is 0.638 bits per heavy atom. The number of thiophene rings is 1. The van der Waals surface area contributed by atoms with Crippen LogP contribution in [0.5, 0.6) is 0 Å². The first-order valence-electron chi connectivity index (χ1n) is 19.9. The van der Waals surface area contributed by atoms with Crippen LogP contribution in [0.25, 0.3) is 53.9 Å². The van der Waals surface area contributed by atoms with Crippen LogP contribution in [-0.2, 0) is 30.9 Å². The molecule has 6 heteroatoms. The average Bonchev–Trinajstić information content (AvgIpc) is 3.59. The summed E-state index contributed by atoms with van der Waals surface area (Å²) in [6, 6.07) is 47.8. The Balaban J connectivity index is 0.000000280. The van der Waals surface area contributed by atoms with E-state index in [2.05, 4.69) is 174 Å². The maximum Gasteiger partial charge on any atom is 0 e. The summed E-state index contributed by atoms with van der Waals surface area (Å²) in [7, 11) is 0. The van der Waals surface area contributed by atoms with Gasteiger partial charge in [0.15, 0.2) is 0 Å². The third-order valence-electron chi connectivity index (χ3n) is 10.7. The molecule has 4 aromatic carbocycles. The van der Waals surface area contributed by atoms with Crippen LogP contribution in [-0.4, -0.2) is 28.2 Å². The molecule has 58 heavy (non-hydrogen) atoms. The Morgan fingerprint density at radius 2 is 1.34 bits per heavy atom. The second-order valence-corrected chi connectivity index (χ2v) is 29.8. The zero-order chi connectivity index (χ0) is 40.5. The molecule has 1 atom stereocenters. The zero-order valence-electron chi connectivity index (χ0n) is 35.4. The van der Waals surface area contributed by atoms with E-state index in [0.29, 0.717) is 0 Å². The number of pyridine rings is 3. The first-order valence-corrected chi connectivity index (χ1v) is 28.1. The molecule has 0 bridgehead atoms. The number of aromatic nitrogens is 3. The molecule has 297 valence electrons. The summed E-state index contributed by atoms with van der Waals surface area (Å²) in [5, 5.41) is 1.18. The van der Waals surface area contributed by atoms with Crippen LogP contribution in [0.1, 0.15) is 76.6 Å². The topological polar surface area (TPSA) is 38.7 Å². The van der Waals surface area contributed by atoms with E-state index >= 15 is 0 Å². The third kappa shape index (κ3) is 9.78. The van der Waals surface area contributed by atoms with Crippen molar-refractivity contribution in [2.75, 3.05) is 0 Å². The van der Waals surface area contributed by atoms with Crippen molar-refractivity contribution in [1.82, 2.24) is 15.0 Å². The van der Waals surface area contributed by atoms with Gasteiger partial charge in [0.25, 0.3) is 0 Å². The molecule has 8 aromatic rings. The molecule has 0 amide bonds. The average molecular weight is 1020 g/mol. The van der Waals surface area contributed by atoms with Crippen LogP contribution >= 0.6 is 11.3 Å². The number of rotatable bonds is 6. The largest absolute Gasteiger partial charge is 0 e. The van der Waals surface area contributed by atoms with Crippen LogP contribution in [0, 0.1) is 12.1 Å². The van der Waals surface area contributed by atoms with Crippen molar-refractivity contribution < 1.29 is 20.1 Å². The smallest absolute Gasteiger partial charge is 0 e.